The Hall–Kier alpha value is -2.56. The van der Waals surface area contributed by atoms with Crippen LogP contribution in [0, 0.1) is 5.82 Å². The Morgan fingerprint density at radius 2 is 1.46 bits per heavy atom. The van der Waals surface area contributed by atoms with Crippen LogP contribution in [0.1, 0.15) is 16.7 Å². The normalized spacial score (nSPS) is 10.2. The van der Waals surface area contributed by atoms with Crippen LogP contribution < -0.4 is 14.8 Å². The quantitative estimate of drug-likeness (QED) is 0.502. The molecule has 3 aromatic carbocycles. The Morgan fingerprint density at radius 1 is 0.821 bits per heavy atom. The lowest BCUT2D eigenvalue weighted by atomic mass is 10.1. The summed E-state index contributed by atoms with van der Waals surface area (Å²) in [5, 5.41) is 3.46. The predicted molar refractivity (Wildman–Crippen MR) is 113 cm³/mol. The zero-order valence-electron chi connectivity index (χ0n) is 15.9. The second kappa shape index (κ2) is 11.3. The van der Waals surface area contributed by atoms with Crippen molar-refractivity contribution in [2.45, 2.75) is 19.6 Å². The maximum atomic E-state index is 13.0. The molecule has 0 unspecified atom stereocenters. The summed E-state index contributed by atoms with van der Waals surface area (Å²) in [6.45, 7) is 1.97. The van der Waals surface area contributed by atoms with E-state index in [4.69, 9.17) is 9.47 Å². The second-order valence-corrected chi connectivity index (χ2v) is 6.26. The number of hydrogen-bond acceptors (Lipinski definition) is 3. The number of methoxy groups -OCH3 is 1. The number of halogens is 2. The molecule has 0 saturated heterocycles. The molecule has 0 radical (unpaired) electrons. The van der Waals surface area contributed by atoms with Crippen molar-refractivity contribution in [3.8, 4) is 11.5 Å². The van der Waals surface area contributed by atoms with Crippen molar-refractivity contribution < 1.29 is 13.9 Å². The zero-order chi connectivity index (χ0) is 18.9. The van der Waals surface area contributed by atoms with Crippen molar-refractivity contribution in [2.24, 2.45) is 0 Å². The van der Waals surface area contributed by atoms with Crippen LogP contribution in [0.15, 0.2) is 72.8 Å². The van der Waals surface area contributed by atoms with Crippen molar-refractivity contribution in [3.05, 3.63) is 95.3 Å². The molecule has 0 saturated carbocycles. The van der Waals surface area contributed by atoms with Gasteiger partial charge in [0.2, 0.25) is 0 Å². The van der Waals surface area contributed by atoms with Gasteiger partial charge in [-0.05, 0) is 48.4 Å². The van der Waals surface area contributed by atoms with E-state index in [1.807, 2.05) is 36.4 Å². The monoisotopic (exact) mass is 401 g/mol. The lowest BCUT2D eigenvalue weighted by Crippen LogP contribution is -2.17. The molecule has 0 heterocycles. The maximum Gasteiger partial charge on any atom is 0.124 e. The topological polar surface area (TPSA) is 30.5 Å². The summed E-state index contributed by atoms with van der Waals surface area (Å²) in [4.78, 5) is 0. The van der Waals surface area contributed by atoms with Gasteiger partial charge >= 0.3 is 0 Å². The fourth-order valence-corrected chi connectivity index (χ4v) is 2.89. The van der Waals surface area contributed by atoms with Crippen LogP contribution >= 0.6 is 12.4 Å². The van der Waals surface area contributed by atoms with Gasteiger partial charge < -0.3 is 14.8 Å². The van der Waals surface area contributed by atoms with Crippen molar-refractivity contribution in [2.75, 3.05) is 13.7 Å². The molecular weight excluding hydrogens is 377 g/mol. The number of benzene rings is 3. The Balaban J connectivity index is 0.00000280. The van der Waals surface area contributed by atoms with Crippen molar-refractivity contribution in [3.63, 3.8) is 0 Å². The molecule has 0 spiro atoms. The summed E-state index contributed by atoms with van der Waals surface area (Å²) in [6.07, 6.45) is 0.891. The summed E-state index contributed by atoms with van der Waals surface area (Å²) in [5.41, 5.74) is 3.23. The molecule has 0 aliphatic carbocycles. The first-order valence-electron chi connectivity index (χ1n) is 9.04. The van der Waals surface area contributed by atoms with Gasteiger partial charge in [0.25, 0.3) is 0 Å². The average molecular weight is 402 g/mol. The number of rotatable bonds is 9. The van der Waals surface area contributed by atoms with Crippen LogP contribution in [0.3, 0.4) is 0 Å². The molecule has 0 aliphatic rings. The molecule has 0 fully saturated rings. The number of ether oxygens (including phenoxy) is 2. The van der Waals surface area contributed by atoms with Gasteiger partial charge in [0.15, 0.2) is 0 Å². The summed E-state index contributed by atoms with van der Waals surface area (Å²) < 4.78 is 24.3. The smallest absolute Gasteiger partial charge is 0.124 e. The van der Waals surface area contributed by atoms with Crippen LogP contribution in [0.2, 0.25) is 0 Å². The lowest BCUT2D eigenvalue weighted by Gasteiger charge is -2.13. The van der Waals surface area contributed by atoms with E-state index in [0.29, 0.717) is 6.61 Å². The lowest BCUT2D eigenvalue weighted by molar-refractivity contribution is 0.302. The van der Waals surface area contributed by atoms with Crippen molar-refractivity contribution in [1.82, 2.24) is 5.32 Å². The molecule has 0 aliphatic heterocycles. The highest BCUT2D eigenvalue weighted by atomic mass is 35.5. The van der Waals surface area contributed by atoms with Crippen LogP contribution in [0.5, 0.6) is 11.5 Å². The average Bonchev–Trinajstić information content (AvgIpc) is 2.72. The second-order valence-electron chi connectivity index (χ2n) is 6.26. The van der Waals surface area contributed by atoms with E-state index >= 15 is 0 Å². The molecule has 28 heavy (non-hydrogen) atoms. The molecule has 0 aromatic heterocycles. The van der Waals surface area contributed by atoms with Crippen molar-refractivity contribution in [1.29, 1.82) is 0 Å². The third-order valence-electron chi connectivity index (χ3n) is 4.36. The highest BCUT2D eigenvalue weighted by Crippen LogP contribution is 2.20. The predicted octanol–water partition coefficient (Wildman–Crippen LogP) is 5.17. The van der Waals surface area contributed by atoms with Crippen LogP contribution in [0.4, 0.5) is 4.39 Å². The van der Waals surface area contributed by atoms with Crippen LogP contribution in [0.25, 0.3) is 0 Å². The third-order valence-corrected chi connectivity index (χ3v) is 4.36. The number of nitrogens with one attached hydrogen (secondary N) is 1. The fraction of sp³-hybridized carbons (Fsp3) is 0.217. The van der Waals surface area contributed by atoms with Gasteiger partial charge in [0.05, 0.1) is 7.11 Å². The van der Waals surface area contributed by atoms with Gasteiger partial charge in [0, 0.05) is 12.1 Å². The zero-order valence-corrected chi connectivity index (χ0v) is 16.7. The fourth-order valence-electron chi connectivity index (χ4n) is 2.89. The number of para-hydroxylation sites is 2. The van der Waals surface area contributed by atoms with Gasteiger partial charge in [-0.1, -0.05) is 48.5 Å². The number of hydrogen-bond donors (Lipinski definition) is 1. The van der Waals surface area contributed by atoms with E-state index in [2.05, 4.69) is 17.4 Å². The van der Waals surface area contributed by atoms with E-state index in [1.165, 1.54) is 17.7 Å². The molecule has 3 aromatic rings. The van der Waals surface area contributed by atoms with Gasteiger partial charge in [-0.15, -0.1) is 12.4 Å². The summed E-state index contributed by atoms with van der Waals surface area (Å²) in [7, 11) is 1.70. The van der Waals surface area contributed by atoms with Crippen LogP contribution in [-0.4, -0.2) is 13.7 Å². The SMILES string of the molecule is COc1ccccc1CCNCc1ccccc1OCc1ccc(F)cc1.Cl. The molecule has 3 rings (SSSR count). The molecule has 0 atom stereocenters. The summed E-state index contributed by atoms with van der Waals surface area (Å²) >= 11 is 0. The molecule has 3 nitrogen and oxygen atoms in total. The molecule has 5 heteroatoms. The molecule has 148 valence electrons. The maximum absolute atomic E-state index is 13.0. The Bertz CT molecular complexity index is 855. The van der Waals surface area contributed by atoms with Gasteiger partial charge in [-0.3, -0.25) is 0 Å². The van der Waals surface area contributed by atoms with E-state index in [-0.39, 0.29) is 18.2 Å². The van der Waals surface area contributed by atoms with Gasteiger partial charge in [-0.25, -0.2) is 4.39 Å². The van der Waals surface area contributed by atoms with E-state index in [0.717, 1.165) is 42.1 Å². The van der Waals surface area contributed by atoms with Gasteiger partial charge in [-0.2, -0.15) is 0 Å². The molecule has 1 N–H and O–H groups in total. The standard InChI is InChI=1S/C23H24FNO2.ClH/c1-26-22-8-4-2-6-19(22)14-15-25-16-20-7-3-5-9-23(20)27-17-18-10-12-21(24)13-11-18;/h2-13,25H,14-17H2,1H3;1H. The largest absolute Gasteiger partial charge is 0.496 e. The minimum Gasteiger partial charge on any atom is -0.496 e. The first kappa shape index (κ1) is 21.7. The Kier molecular flexibility index (Phi) is 8.79. The first-order chi connectivity index (χ1) is 13.3. The summed E-state index contributed by atoms with van der Waals surface area (Å²) in [6, 6.07) is 22.4. The van der Waals surface area contributed by atoms with Crippen molar-refractivity contribution >= 4 is 12.4 Å². The first-order valence-corrected chi connectivity index (χ1v) is 9.04. The Morgan fingerprint density at radius 3 is 2.18 bits per heavy atom. The van der Waals surface area contributed by atoms with Crippen LogP contribution in [-0.2, 0) is 19.6 Å². The van der Waals surface area contributed by atoms with Gasteiger partial charge in [0.1, 0.15) is 23.9 Å². The summed E-state index contributed by atoms with van der Waals surface area (Å²) in [5.74, 6) is 1.52. The highest BCUT2D eigenvalue weighted by Gasteiger charge is 2.05. The Labute approximate surface area is 171 Å². The van der Waals surface area contributed by atoms with E-state index in [9.17, 15) is 4.39 Å². The highest BCUT2D eigenvalue weighted by molar-refractivity contribution is 5.85. The molecular formula is C23H25ClFNO2. The minimum atomic E-state index is -0.238. The van der Waals surface area contributed by atoms with E-state index < -0.39 is 0 Å². The van der Waals surface area contributed by atoms with E-state index in [1.54, 1.807) is 19.2 Å². The third kappa shape index (κ3) is 6.25. The minimum absolute atomic E-state index is 0. The molecule has 0 bridgehead atoms. The molecule has 0 amide bonds.